The van der Waals surface area contributed by atoms with Crippen molar-refractivity contribution in [3.05, 3.63) is 11.6 Å². The molecular weight excluding hydrogens is 236 g/mol. The Morgan fingerprint density at radius 1 is 1.11 bits per heavy atom. The van der Waals surface area contributed by atoms with Gasteiger partial charge in [0.2, 0.25) is 0 Å². The molecule has 0 saturated heterocycles. The van der Waals surface area contributed by atoms with E-state index in [0.29, 0.717) is 12.0 Å². The third-order valence-electron chi connectivity index (χ3n) is 3.22. The first-order valence-corrected chi connectivity index (χ1v) is 6.16. The Morgan fingerprint density at radius 2 is 1.67 bits per heavy atom. The van der Waals surface area contributed by atoms with Crippen molar-refractivity contribution in [2.45, 2.75) is 44.1 Å². The van der Waals surface area contributed by atoms with Crippen LogP contribution in [0.25, 0.3) is 0 Å². The molecule has 102 valence electrons. The molecule has 0 fully saturated rings. The Morgan fingerprint density at radius 3 is 2.22 bits per heavy atom. The first kappa shape index (κ1) is 14.7. The molecule has 0 aromatic heterocycles. The Kier molecular flexibility index (Phi) is 5.34. The summed E-state index contributed by atoms with van der Waals surface area (Å²) in [5.74, 6) is -1.97. The lowest BCUT2D eigenvalue weighted by Crippen LogP contribution is -2.50. The lowest BCUT2D eigenvalue weighted by atomic mass is 9.86. The fraction of sp³-hybridized carbons (Fsp3) is 0.692. The highest BCUT2D eigenvalue weighted by Gasteiger charge is 2.49. The highest BCUT2D eigenvalue weighted by Crippen LogP contribution is 2.28. The van der Waals surface area contributed by atoms with Crippen LogP contribution in [0.3, 0.4) is 0 Å². The molecule has 5 nitrogen and oxygen atoms in total. The number of hydrogen-bond donors (Lipinski definition) is 1. The first-order chi connectivity index (χ1) is 8.57. The number of carbonyl (C=O) groups excluding carboxylic acids is 2. The van der Waals surface area contributed by atoms with Crippen LogP contribution >= 0.6 is 0 Å². The number of allylic oxidation sites excluding steroid dienone is 1. The number of aliphatic hydroxyl groups is 1. The average molecular weight is 256 g/mol. The maximum absolute atomic E-state index is 11.7. The largest absolute Gasteiger partial charge is 0.466 e. The van der Waals surface area contributed by atoms with Crippen LogP contribution < -0.4 is 0 Å². The minimum Gasteiger partial charge on any atom is -0.466 e. The summed E-state index contributed by atoms with van der Waals surface area (Å²) in [6.07, 6.45) is 6.97. The van der Waals surface area contributed by atoms with Crippen molar-refractivity contribution in [2.75, 3.05) is 14.2 Å². The zero-order chi connectivity index (χ0) is 13.6. The molecular formula is C13H20O5. The van der Waals surface area contributed by atoms with Gasteiger partial charge in [-0.3, -0.25) is 0 Å². The summed E-state index contributed by atoms with van der Waals surface area (Å²) >= 11 is 0. The summed E-state index contributed by atoms with van der Waals surface area (Å²) < 4.78 is 9.07. The monoisotopic (exact) mass is 256 g/mol. The summed E-state index contributed by atoms with van der Waals surface area (Å²) in [6.45, 7) is 0. The molecule has 0 spiro atoms. The third-order valence-corrected chi connectivity index (χ3v) is 3.22. The van der Waals surface area contributed by atoms with E-state index in [1.807, 2.05) is 0 Å². The molecule has 1 rings (SSSR count). The van der Waals surface area contributed by atoms with Crippen LogP contribution in [-0.2, 0) is 19.1 Å². The van der Waals surface area contributed by atoms with Crippen LogP contribution in [0.4, 0.5) is 0 Å². The molecule has 1 N–H and O–H groups in total. The van der Waals surface area contributed by atoms with Crippen LogP contribution in [0.2, 0.25) is 0 Å². The first-order valence-electron chi connectivity index (χ1n) is 6.16. The van der Waals surface area contributed by atoms with Crippen molar-refractivity contribution in [3.63, 3.8) is 0 Å². The smallest absolute Gasteiger partial charge is 0.354 e. The molecule has 0 radical (unpaired) electrons. The molecule has 0 saturated carbocycles. The number of ether oxygens (including phenoxy) is 2. The molecule has 1 aliphatic rings. The van der Waals surface area contributed by atoms with E-state index in [4.69, 9.17) is 0 Å². The number of rotatable bonds is 3. The maximum Gasteiger partial charge on any atom is 0.354 e. The maximum atomic E-state index is 11.7. The summed E-state index contributed by atoms with van der Waals surface area (Å²) in [7, 11) is 2.28. The number of methoxy groups -OCH3 is 2. The predicted octanol–water partition coefficient (Wildman–Crippen LogP) is 1.34. The van der Waals surface area contributed by atoms with Crippen molar-refractivity contribution in [1.29, 1.82) is 0 Å². The molecule has 0 unspecified atom stereocenters. The minimum absolute atomic E-state index is 0.390. The second-order valence-corrected chi connectivity index (χ2v) is 4.38. The molecule has 18 heavy (non-hydrogen) atoms. The van der Waals surface area contributed by atoms with Crippen LogP contribution in [0.1, 0.15) is 38.5 Å². The van der Waals surface area contributed by atoms with Crippen LogP contribution in [0.5, 0.6) is 0 Å². The van der Waals surface area contributed by atoms with Crippen molar-refractivity contribution in [2.24, 2.45) is 0 Å². The molecule has 5 heteroatoms. The molecule has 0 aromatic carbocycles. The fourth-order valence-corrected chi connectivity index (χ4v) is 2.16. The number of carbonyl (C=O) groups is 2. The lowest BCUT2D eigenvalue weighted by molar-refractivity contribution is -0.175. The highest BCUT2D eigenvalue weighted by atomic mass is 16.6. The van der Waals surface area contributed by atoms with E-state index in [1.54, 1.807) is 6.08 Å². The average Bonchev–Trinajstić information content (AvgIpc) is 2.35. The molecule has 0 aromatic rings. The number of hydrogen-bond acceptors (Lipinski definition) is 5. The van der Waals surface area contributed by atoms with Crippen molar-refractivity contribution in [1.82, 2.24) is 0 Å². The molecule has 0 heterocycles. The van der Waals surface area contributed by atoms with E-state index in [9.17, 15) is 14.7 Å². The van der Waals surface area contributed by atoms with Gasteiger partial charge in [0.15, 0.2) is 0 Å². The SMILES string of the molecule is COC(=O)C(O)(C(=O)OC)C1=CCCCCCC1. The van der Waals surface area contributed by atoms with Crippen LogP contribution in [0.15, 0.2) is 11.6 Å². The van der Waals surface area contributed by atoms with Gasteiger partial charge in [0.05, 0.1) is 14.2 Å². The van der Waals surface area contributed by atoms with Crippen molar-refractivity contribution in [3.8, 4) is 0 Å². The fourth-order valence-electron chi connectivity index (χ4n) is 2.16. The molecule has 0 amide bonds. The van der Waals surface area contributed by atoms with Crippen molar-refractivity contribution >= 4 is 11.9 Å². The van der Waals surface area contributed by atoms with Gasteiger partial charge in [-0.15, -0.1) is 0 Å². The lowest BCUT2D eigenvalue weighted by Gasteiger charge is -2.26. The Hall–Kier alpha value is -1.36. The second-order valence-electron chi connectivity index (χ2n) is 4.38. The topological polar surface area (TPSA) is 72.8 Å². The van der Waals surface area contributed by atoms with E-state index in [1.165, 1.54) is 0 Å². The zero-order valence-corrected chi connectivity index (χ0v) is 10.9. The third kappa shape index (κ3) is 2.90. The van der Waals surface area contributed by atoms with Gasteiger partial charge in [0, 0.05) is 0 Å². The van der Waals surface area contributed by atoms with Gasteiger partial charge in [-0.1, -0.05) is 18.9 Å². The number of esters is 2. The standard InChI is InChI=1S/C13H20O5/c1-17-11(14)13(16,12(15)18-2)10-8-6-4-3-5-7-9-10/h8,16H,3-7,9H2,1-2H3. The summed E-state index contributed by atoms with van der Waals surface area (Å²) in [5.41, 5.74) is -1.90. The van der Waals surface area contributed by atoms with Gasteiger partial charge in [-0.2, -0.15) is 0 Å². The molecule has 1 aliphatic carbocycles. The Labute approximate surface area is 107 Å². The van der Waals surface area contributed by atoms with Gasteiger partial charge in [0.1, 0.15) is 0 Å². The van der Waals surface area contributed by atoms with Gasteiger partial charge in [-0.25, -0.2) is 9.59 Å². The molecule has 0 atom stereocenters. The summed E-state index contributed by atoms with van der Waals surface area (Å²) in [6, 6.07) is 0. The van der Waals surface area contributed by atoms with E-state index < -0.39 is 17.5 Å². The molecule has 0 aliphatic heterocycles. The minimum atomic E-state index is -2.29. The summed E-state index contributed by atoms with van der Waals surface area (Å²) in [5, 5.41) is 10.4. The van der Waals surface area contributed by atoms with Crippen molar-refractivity contribution < 1.29 is 24.2 Å². The van der Waals surface area contributed by atoms with Gasteiger partial charge in [-0.05, 0) is 31.3 Å². The van der Waals surface area contributed by atoms with E-state index in [2.05, 4.69) is 9.47 Å². The normalized spacial score (nSPS) is 17.2. The second kappa shape index (κ2) is 6.54. The predicted molar refractivity (Wildman–Crippen MR) is 64.8 cm³/mol. The van der Waals surface area contributed by atoms with Gasteiger partial charge < -0.3 is 14.6 Å². The zero-order valence-electron chi connectivity index (χ0n) is 10.9. The van der Waals surface area contributed by atoms with E-state index in [-0.39, 0.29) is 0 Å². The van der Waals surface area contributed by atoms with E-state index in [0.717, 1.165) is 46.3 Å². The highest BCUT2D eigenvalue weighted by molar-refractivity contribution is 6.06. The van der Waals surface area contributed by atoms with Crippen LogP contribution in [0, 0.1) is 0 Å². The quantitative estimate of drug-likeness (QED) is 0.468. The van der Waals surface area contributed by atoms with Crippen LogP contribution in [-0.4, -0.2) is 36.9 Å². The Bertz CT molecular complexity index is 329. The molecule has 0 bridgehead atoms. The Balaban J connectivity index is 3.07. The van der Waals surface area contributed by atoms with Gasteiger partial charge >= 0.3 is 11.9 Å². The summed E-state index contributed by atoms with van der Waals surface area (Å²) in [4.78, 5) is 23.4. The van der Waals surface area contributed by atoms with E-state index >= 15 is 0 Å². The van der Waals surface area contributed by atoms with Gasteiger partial charge in [0.25, 0.3) is 5.60 Å².